The fourth-order valence-corrected chi connectivity index (χ4v) is 3.00. The molecule has 0 radical (unpaired) electrons. The predicted octanol–water partition coefficient (Wildman–Crippen LogP) is 3.31. The Labute approximate surface area is 156 Å². The highest BCUT2D eigenvalue weighted by atomic mass is 79.9. The monoisotopic (exact) mass is 412 g/mol. The second-order valence-corrected chi connectivity index (χ2v) is 6.48. The number of imidazole rings is 1. The Morgan fingerprint density at radius 3 is 2.62 bits per heavy atom. The van der Waals surface area contributed by atoms with Crippen molar-refractivity contribution in [3.8, 4) is 11.5 Å². The lowest BCUT2D eigenvalue weighted by Gasteiger charge is -2.10. The Kier molecular flexibility index (Phi) is 4.13. The van der Waals surface area contributed by atoms with Crippen molar-refractivity contribution in [3.63, 3.8) is 0 Å². The van der Waals surface area contributed by atoms with Gasteiger partial charge in [-0.25, -0.2) is 9.61 Å². The fraction of sp³-hybridized carbons (Fsp3) is 0.0588. The van der Waals surface area contributed by atoms with Crippen molar-refractivity contribution < 1.29 is 9.84 Å². The highest BCUT2D eigenvalue weighted by molar-refractivity contribution is 9.10. The van der Waals surface area contributed by atoms with E-state index in [1.54, 1.807) is 0 Å². The van der Waals surface area contributed by atoms with Gasteiger partial charge in [0.25, 0.3) is 0 Å². The van der Waals surface area contributed by atoms with Gasteiger partial charge in [-0.1, -0.05) is 45.4 Å². The van der Waals surface area contributed by atoms with Crippen LogP contribution in [-0.2, 0) is 6.54 Å². The first kappa shape index (κ1) is 16.3. The van der Waals surface area contributed by atoms with Gasteiger partial charge in [0.2, 0.25) is 0 Å². The average molecular weight is 413 g/mol. The van der Waals surface area contributed by atoms with Crippen LogP contribution < -0.4 is 5.73 Å². The lowest BCUT2D eigenvalue weighted by Crippen LogP contribution is -2.13. The summed E-state index contributed by atoms with van der Waals surface area (Å²) < 4.78 is 7.52. The smallest absolute Gasteiger partial charge is 0.199 e. The van der Waals surface area contributed by atoms with E-state index in [9.17, 15) is 5.21 Å². The molecule has 0 fully saturated rings. The number of benzene rings is 2. The number of fused-ring (bicyclic) bond motifs is 1. The largest absolute Gasteiger partial charge is 0.411 e. The molecule has 2 aromatic heterocycles. The van der Waals surface area contributed by atoms with Gasteiger partial charge in [0.15, 0.2) is 17.3 Å². The van der Waals surface area contributed by atoms with E-state index in [2.05, 4.69) is 36.4 Å². The minimum Gasteiger partial charge on any atom is -0.411 e. The van der Waals surface area contributed by atoms with Gasteiger partial charge in [-0.15, -0.1) is 0 Å². The molecule has 9 heteroatoms. The molecule has 0 bridgehead atoms. The molecule has 0 amide bonds. The summed E-state index contributed by atoms with van der Waals surface area (Å²) in [6.45, 7) is 0.264. The minimum absolute atomic E-state index is 0.146. The summed E-state index contributed by atoms with van der Waals surface area (Å²) in [5.41, 5.74) is 9.06. The topological polar surface area (TPSA) is 115 Å². The van der Waals surface area contributed by atoms with Gasteiger partial charge >= 0.3 is 0 Å². The quantitative estimate of drug-likeness (QED) is 0.301. The number of oxime groups is 1. The number of hydrogen-bond acceptors (Lipinski definition) is 7. The number of anilines is 1. The molecule has 0 aliphatic carbocycles. The summed E-state index contributed by atoms with van der Waals surface area (Å²) in [5, 5.41) is 20.5. The van der Waals surface area contributed by atoms with E-state index in [1.807, 2.05) is 53.1 Å². The van der Waals surface area contributed by atoms with Crippen molar-refractivity contribution >= 4 is 38.5 Å². The van der Waals surface area contributed by atoms with Crippen LogP contribution in [0, 0.1) is 0 Å². The molecule has 0 aliphatic heterocycles. The maximum Gasteiger partial charge on any atom is 0.199 e. The molecule has 3 N–H and O–H groups in total. The summed E-state index contributed by atoms with van der Waals surface area (Å²) in [6.07, 6.45) is 0. The third kappa shape index (κ3) is 2.82. The maximum atomic E-state index is 9.57. The third-order valence-corrected chi connectivity index (χ3v) is 4.51. The molecule has 2 heterocycles. The highest BCUT2D eigenvalue weighted by Gasteiger charge is 2.20. The van der Waals surface area contributed by atoms with Gasteiger partial charge in [-0.2, -0.15) is 0 Å². The SMILES string of the molecule is Nc1nonc1-c1nc2ccccc2n1C/C(=N/O)c1ccc(Br)cc1. The zero-order valence-corrected chi connectivity index (χ0v) is 15.0. The lowest BCUT2D eigenvalue weighted by molar-refractivity contribution is 0.310. The minimum atomic E-state index is 0.146. The first-order valence-corrected chi connectivity index (χ1v) is 8.47. The Morgan fingerprint density at radius 2 is 1.92 bits per heavy atom. The number of rotatable bonds is 4. The maximum absolute atomic E-state index is 9.57. The summed E-state index contributed by atoms with van der Waals surface area (Å²) in [6, 6.07) is 15.1. The molecular weight excluding hydrogens is 400 g/mol. The Balaban J connectivity index is 1.85. The van der Waals surface area contributed by atoms with Crippen LogP contribution in [0.15, 0.2) is 62.8 Å². The number of nitrogen functional groups attached to an aromatic ring is 1. The van der Waals surface area contributed by atoms with Gasteiger partial charge < -0.3 is 15.5 Å². The van der Waals surface area contributed by atoms with Crippen LogP contribution in [-0.4, -0.2) is 30.8 Å². The van der Waals surface area contributed by atoms with Gasteiger partial charge in [-0.3, -0.25) is 0 Å². The standard InChI is InChI=1S/C17H13BrN6O2/c18-11-7-5-10(6-8-11)13(21-25)9-24-14-4-2-1-3-12(14)20-17(24)15-16(19)23-26-22-15/h1-8,25H,9H2,(H2,19,23)/b21-13-. The van der Waals surface area contributed by atoms with Crippen LogP contribution >= 0.6 is 15.9 Å². The summed E-state index contributed by atoms with van der Waals surface area (Å²) >= 11 is 3.40. The first-order chi connectivity index (χ1) is 12.7. The summed E-state index contributed by atoms with van der Waals surface area (Å²) in [7, 11) is 0. The van der Waals surface area contributed by atoms with Crippen LogP contribution in [0.5, 0.6) is 0 Å². The van der Waals surface area contributed by atoms with Crippen LogP contribution in [0.25, 0.3) is 22.6 Å². The molecule has 0 saturated carbocycles. The number of para-hydroxylation sites is 2. The van der Waals surface area contributed by atoms with Gasteiger partial charge in [0, 0.05) is 10.0 Å². The van der Waals surface area contributed by atoms with E-state index in [0.717, 1.165) is 21.1 Å². The Morgan fingerprint density at radius 1 is 1.15 bits per heavy atom. The first-order valence-electron chi connectivity index (χ1n) is 7.68. The molecule has 130 valence electrons. The Bertz CT molecular complexity index is 1100. The average Bonchev–Trinajstić information content (AvgIpc) is 3.23. The molecule has 2 aromatic carbocycles. The van der Waals surface area contributed by atoms with E-state index in [1.165, 1.54) is 0 Å². The molecule has 26 heavy (non-hydrogen) atoms. The molecule has 0 unspecified atom stereocenters. The third-order valence-electron chi connectivity index (χ3n) is 3.99. The van der Waals surface area contributed by atoms with Crippen molar-refractivity contribution in [2.24, 2.45) is 5.16 Å². The number of nitrogens with zero attached hydrogens (tertiary/aromatic N) is 5. The molecule has 8 nitrogen and oxygen atoms in total. The van der Waals surface area contributed by atoms with Crippen LogP contribution in [0.4, 0.5) is 5.82 Å². The van der Waals surface area contributed by atoms with Crippen LogP contribution in [0.1, 0.15) is 5.56 Å². The van der Waals surface area contributed by atoms with Crippen molar-refractivity contribution in [1.82, 2.24) is 19.9 Å². The molecule has 0 saturated heterocycles. The molecule has 4 rings (SSSR count). The number of hydrogen-bond donors (Lipinski definition) is 2. The summed E-state index contributed by atoms with van der Waals surface area (Å²) in [5.74, 6) is 0.635. The van der Waals surface area contributed by atoms with E-state index in [0.29, 0.717) is 17.2 Å². The van der Waals surface area contributed by atoms with Crippen LogP contribution in [0.2, 0.25) is 0 Å². The lowest BCUT2D eigenvalue weighted by atomic mass is 10.1. The van der Waals surface area contributed by atoms with E-state index in [4.69, 9.17) is 10.4 Å². The molecule has 0 atom stereocenters. The normalized spacial score (nSPS) is 12.0. The molecular formula is C17H13BrN6O2. The van der Waals surface area contributed by atoms with Crippen LogP contribution in [0.3, 0.4) is 0 Å². The number of aromatic nitrogens is 4. The number of nitrogens with two attached hydrogens (primary N) is 1. The predicted molar refractivity (Wildman–Crippen MR) is 99.9 cm³/mol. The van der Waals surface area contributed by atoms with Crippen molar-refractivity contribution in [3.05, 3.63) is 58.6 Å². The molecule has 0 spiro atoms. The molecule has 4 aromatic rings. The zero-order valence-electron chi connectivity index (χ0n) is 13.4. The number of halogens is 1. The fourth-order valence-electron chi connectivity index (χ4n) is 2.74. The van der Waals surface area contributed by atoms with Gasteiger partial charge in [0.05, 0.1) is 17.6 Å². The second-order valence-electron chi connectivity index (χ2n) is 5.56. The van der Waals surface area contributed by atoms with E-state index < -0.39 is 0 Å². The second kappa shape index (κ2) is 6.60. The van der Waals surface area contributed by atoms with Crippen molar-refractivity contribution in [2.75, 3.05) is 5.73 Å². The molecule has 0 aliphatic rings. The van der Waals surface area contributed by atoms with Crippen molar-refractivity contribution in [2.45, 2.75) is 6.54 Å². The van der Waals surface area contributed by atoms with Crippen molar-refractivity contribution in [1.29, 1.82) is 0 Å². The van der Waals surface area contributed by atoms with Gasteiger partial charge in [-0.05, 0) is 34.6 Å². The zero-order chi connectivity index (χ0) is 18.1. The Hall–Kier alpha value is -3.20. The van der Waals surface area contributed by atoms with Gasteiger partial charge in [0.1, 0.15) is 5.71 Å². The van der Waals surface area contributed by atoms with E-state index in [-0.39, 0.29) is 12.4 Å². The summed E-state index contributed by atoms with van der Waals surface area (Å²) in [4.78, 5) is 4.59. The van der Waals surface area contributed by atoms with E-state index >= 15 is 0 Å². The highest BCUT2D eigenvalue weighted by Crippen LogP contribution is 2.27.